The van der Waals surface area contributed by atoms with Gasteiger partial charge in [-0.3, -0.25) is 0 Å². The summed E-state index contributed by atoms with van der Waals surface area (Å²) in [6, 6.07) is 25.1. The fraction of sp³-hybridized carbons (Fsp3) is 0.348. The number of benzene rings is 3. The molecule has 1 unspecified atom stereocenters. The fourth-order valence-electron chi connectivity index (χ4n) is 5.77. The normalized spacial score (nSPS) is 13.1. The van der Waals surface area contributed by atoms with E-state index >= 15 is 0 Å². The quantitative estimate of drug-likeness (QED) is 0.0635. The first-order chi connectivity index (χ1) is 24.8. The second-order valence-corrected chi connectivity index (χ2v) is 13.4. The maximum absolute atomic E-state index is 12.7. The number of ether oxygens (including phenoxy) is 3. The van der Waals surface area contributed by atoms with E-state index in [9.17, 15) is 4.79 Å². The van der Waals surface area contributed by atoms with Crippen molar-refractivity contribution < 1.29 is 19.0 Å². The number of unbranched alkanes of at least 4 members (excludes halogenated alkanes) is 6. The molecule has 0 saturated carbocycles. The van der Waals surface area contributed by atoms with E-state index in [1.807, 2.05) is 66.8 Å². The third-order valence-electron chi connectivity index (χ3n) is 9.19. The van der Waals surface area contributed by atoms with E-state index in [4.69, 9.17) is 19.5 Å². The number of carbonyl (C=O) groups excluding carboxylic acids is 1. The zero-order valence-corrected chi connectivity index (χ0v) is 30.5. The summed E-state index contributed by atoms with van der Waals surface area (Å²) in [6.07, 6.45) is 19.5. The number of rotatable bonds is 21. The lowest BCUT2D eigenvalue weighted by atomic mass is 9.95. The molecule has 0 aliphatic heterocycles. The topological polar surface area (TPSA) is 68.6 Å². The summed E-state index contributed by atoms with van der Waals surface area (Å²) in [4.78, 5) is 12.7. The van der Waals surface area contributed by atoms with Gasteiger partial charge in [0, 0.05) is 6.42 Å². The molecule has 0 N–H and O–H groups in total. The van der Waals surface area contributed by atoms with Crippen LogP contribution in [-0.2, 0) is 4.74 Å². The Morgan fingerprint density at radius 2 is 1.31 bits per heavy atom. The zero-order chi connectivity index (χ0) is 36.3. The summed E-state index contributed by atoms with van der Waals surface area (Å²) in [6.45, 7) is 14.2. The van der Waals surface area contributed by atoms with Crippen molar-refractivity contribution in [1.82, 2.24) is 0 Å². The maximum atomic E-state index is 12.7. The summed E-state index contributed by atoms with van der Waals surface area (Å²) in [5, 5.41) is 8.97. The largest absolute Gasteiger partial charge is 0.494 e. The minimum absolute atomic E-state index is 0.356. The molecular formula is C46H53NO4. The molecule has 0 radical (unpaired) electrons. The Bertz CT molecular complexity index is 1700. The van der Waals surface area contributed by atoms with Crippen LogP contribution in [0.4, 0.5) is 0 Å². The Balaban J connectivity index is 1.03. The van der Waals surface area contributed by atoms with Crippen LogP contribution in [0, 0.1) is 17.2 Å². The minimum Gasteiger partial charge on any atom is -0.494 e. The average molecular weight is 684 g/mol. The number of allylic oxidation sites excluding steroid dienone is 8. The number of nitriles is 1. The molecule has 0 bridgehead atoms. The third kappa shape index (κ3) is 13.6. The highest BCUT2D eigenvalue weighted by Crippen LogP contribution is 2.27. The second kappa shape index (κ2) is 21.2. The first kappa shape index (κ1) is 38.7. The maximum Gasteiger partial charge on any atom is 0.343 e. The molecule has 51 heavy (non-hydrogen) atoms. The van der Waals surface area contributed by atoms with Gasteiger partial charge in [-0.05, 0) is 108 Å². The van der Waals surface area contributed by atoms with Gasteiger partial charge < -0.3 is 14.2 Å². The molecule has 3 aromatic rings. The molecule has 3 aromatic carbocycles. The van der Waals surface area contributed by atoms with E-state index in [1.54, 1.807) is 12.1 Å². The van der Waals surface area contributed by atoms with Gasteiger partial charge in [-0.25, -0.2) is 4.79 Å². The van der Waals surface area contributed by atoms with Crippen LogP contribution in [0.2, 0.25) is 0 Å². The molecule has 0 amide bonds. The van der Waals surface area contributed by atoms with Gasteiger partial charge in [-0.15, -0.1) is 0 Å². The van der Waals surface area contributed by atoms with Crippen molar-refractivity contribution in [3.8, 4) is 28.7 Å². The second-order valence-electron chi connectivity index (χ2n) is 13.4. The number of carbonyl (C=O) groups is 1. The summed E-state index contributed by atoms with van der Waals surface area (Å²) in [5.74, 6) is 2.59. The van der Waals surface area contributed by atoms with Crippen LogP contribution < -0.4 is 9.47 Å². The highest BCUT2D eigenvalue weighted by molar-refractivity contribution is 5.90. The fourth-order valence-corrected chi connectivity index (χ4v) is 5.77. The minimum atomic E-state index is -0.356. The molecule has 1 aliphatic carbocycles. The summed E-state index contributed by atoms with van der Waals surface area (Å²) >= 11 is 0. The van der Waals surface area contributed by atoms with E-state index in [0.717, 1.165) is 90.9 Å². The molecule has 0 saturated heterocycles. The molecule has 0 spiro atoms. The van der Waals surface area contributed by atoms with Crippen LogP contribution in [0.5, 0.6) is 11.5 Å². The van der Waals surface area contributed by atoms with Gasteiger partial charge in [-0.2, -0.15) is 5.26 Å². The van der Waals surface area contributed by atoms with Crippen molar-refractivity contribution in [2.24, 2.45) is 5.92 Å². The molecule has 5 nitrogen and oxygen atoms in total. The van der Waals surface area contributed by atoms with Crippen molar-refractivity contribution in [3.05, 3.63) is 144 Å². The molecule has 266 valence electrons. The molecule has 1 atom stereocenters. The Morgan fingerprint density at radius 1 is 0.765 bits per heavy atom. The van der Waals surface area contributed by atoms with Gasteiger partial charge in [0.2, 0.25) is 0 Å². The van der Waals surface area contributed by atoms with Crippen LogP contribution in [0.1, 0.15) is 100 Å². The Labute approximate surface area is 305 Å². The van der Waals surface area contributed by atoms with Gasteiger partial charge in [0.15, 0.2) is 0 Å². The lowest BCUT2D eigenvalue weighted by molar-refractivity contribution is 0.0613. The number of hydrogen-bond donors (Lipinski definition) is 0. The van der Waals surface area contributed by atoms with Crippen LogP contribution in [0.25, 0.3) is 11.1 Å². The molecule has 4 rings (SSSR count). The molecule has 0 fully saturated rings. The summed E-state index contributed by atoms with van der Waals surface area (Å²) in [7, 11) is 0. The Morgan fingerprint density at radius 3 is 1.84 bits per heavy atom. The molecule has 1 aliphatic rings. The van der Waals surface area contributed by atoms with Crippen molar-refractivity contribution in [3.63, 3.8) is 0 Å². The van der Waals surface area contributed by atoms with E-state index in [2.05, 4.69) is 51.3 Å². The van der Waals surface area contributed by atoms with Gasteiger partial charge in [0.05, 0.1) is 30.4 Å². The third-order valence-corrected chi connectivity index (χ3v) is 9.19. The van der Waals surface area contributed by atoms with Crippen molar-refractivity contribution >= 4 is 5.97 Å². The number of esters is 1. The van der Waals surface area contributed by atoms with E-state index in [-0.39, 0.29) is 5.97 Å². The smallest absolute Gasteiger partial charge is 0.343 e. The number of nitrogens with zero attached hydrogens (tertiary/aromatic N) is 1. The SMILES string of the molecule is C=C(/C=C\C(=C)C1=CC=C(OC(=O)c2ccc(OCCCCCCCCCOc3ccc(-c4ccc(C#N)cc4)cc3)cc2)CC1)CC(C)CC. The summed E-state index contributed by atoms with van der Waals surface area (Å²) in [5.41, 5.74) is 6.61. The zero-order valence-electron chi connectivity index (χ0n) is 30.5. The molecule has 0 aromatic heterocycles. The lowest BCUT2D eigenvalue weighted by Gasteiger charge is -2.15. The van der Waals surface area contributed by atoms with Crippen molar-refractivity contribution in [1.29, 1.82) is 5.26 Å². The van der Waals surface area contributed by atoms with Crippen LogP contribution in [0.3, 0.4) is 0 Å². The average Bonchev–Trinajstić information content (AvgIpc) is 3.16. The monoisotopic (exact) mass is 683 g/mol. The van der Waals surface area contributed by atoms with E-state index < -0.39 is 0 Å². The van der Waals surface area contributed by atoms with Crippen LogP contribution in [-0.4, -0.2) is 19.2 Å². The first-order valence-electron chi connectivity index (χ1n) is 18.5. The van der Waals surface area contributed by atoms with Gasteiger partial charge in [0.1, 0.15) is 17.3 Å². The van der Waals surface area contributed by atoms with E-state index in [0.29, 0.717) is 35.8 Å². The van der Waals surface area contributed by atoms with Gasteiger partial charge in [-0.1, -0.05) is 114 Å². The van der Waals surface area contributed by atoms with Crippen molar-refractivity contribution in [2.75, 3.05) is 13.2 Å². The highest BCUT2D eigenvalue weighted by atomic mass is 16.5. The van der Waals surface area contributed by atoms with Gasteiger partial charge in [0.25, 0.3) is 0 Å². The Hall–Kier alpha value is -5.08. The van der Waals surface area contributed by atoms with Crippen LogP contribution >= 0.6 is 0 Å². The molecular weight excluding hydrogens is 631 g/mol. The standard InChI is InChI=1S/C46H53NO4/c1-5-35(2)33-36(3)13-14-37(4)39-19-29-45(30-20-39)51-46(48)42-23-27-44(28-24-42)50-32-12-10-8-6-7-9-11-31-49-43-25-21-41(22-26-43)40-17-15-38(34-47)16-18-40/h13-19,21-29,35H,3-12,20,30-33H2,1-2H3/b14-13-. The predicted molar refractivity (Wildman–Crippen MR) is 209 cm³/mol. The highest BCUT2D eigenvalue weighted by Gasteiger charge is 2.14. The van der Waals surface area contributed by atoms with Crippen LogP contribution in [0.15, 0.2) is 133 Å². The molecule has 0 heterocycles. The lowest BCUT2D eigenvalue weighted by Crippen LogP contribution is -2.07. The molecule has 5 heteroatoms. The summed E-state index contributed by atoms with van der Waals surface area (Å²) < 4.78 is 17.5. The predicted octanol–water partition coefficient (Wildman–Crippen LogP) is 12.3. The van der Waals surface area contributed by atoms with E-state index in [1.165, 1.54) is 19.3 Å². The Kier molecular flexibility index (Phi) is 16.1. The first-order valence-corrected chi connectivity index (χ1v) is 18.5. The number of hydrogen-bond acceptors (Lipinski definition) is 5. The van der Waals surface area contributed by atoms with Gasteiger partial charge >= 0.3 is 5.97 Å². The van der Waals surface area contributed by atoms with Crippen molar-refractivity contribution in [2.45, 2.75) is 84.5 Å².